The topological polar surface area (TPSA) is 56.7 Å². The molecule has 1 amide bonds. The minimum Gasteiger partial charge on any atom is -0.357 e. The minimum atomic E-state index is -0.338. The van der Waals surface area contributed by atoms with E-state index in [1.807, 2.05) is 21.0 Å². The Balaban J connectivity index is 2.03. The SMILES string of the molecule is CCNC(=NCc1ccc(F)cc1)NCC1(C(=O)N(C)C)CCCC1. The number of halogens is 1. The standard InChI is InChI=1S/C19H29FN4O/c1-4-21-18(22-13-15-7-9-16(20)10-8-15)23-14-19(11-5-6-12-19)17(25)24(2)3/h7-10H,4-6,11-14H2,1-3H3,(H2,21,22,23). The third-order valence-electron chi connectivity index (χ3n) is 4.69. The van der Waals surface area contributed by atoms with Crippen LogP contribution in [0.25, 0.3) is 0 Å². The molecule has 0 unspecified atom stereocenters. The third-order valence-corrected chi connectivity index (χ3v) is 4.69. The van der Waals surface area contributed by atoms with Gasteiger partial charge in [-0.05, 0) is 37.5 Å². The van der Waals surface area contributed by atoms with Gasteiger partial charge >= 0.3 is 0 Å². The molecular weight excluding hydrogens is 319 g/mol. The summed E-state index contributed by atoms with van der Waals surface area (Å²) in [5.41, 5.74) is 0.605. The van der Waals surface area contributed by atoms with Crippen LogP contribution in [-0.2, 0) is 11.3 Å². The summed E-state index contributed by atoms with van der Waals surface area (Å²) in [6.07, 6.45) is 4.00. The van der Waals surface area contributed by atoms with Crippen molar-refractivity contribution in [2.75, 3.05) is 27.2 Å². The number of nitrogens with zero attached hydrogens (tertiary/aromatic N) is 2. The van der Waals surface area contributed by atoms with E-state index >= 15 is 0 Å². The van der Waals surface area contributed by atoms with Crippen molar-refractivity contribution in [2.45, 2.75) is 39.2 Å². The first-order valence-electron chi connectivity index (χ1n) is 8.95. The maximum Gasteiger partial charge on any atom is 0.230 e. The molecular formula is C19H29FN4O. The molecule has 0 saturated heterocycles. The van der Waals surface area contributed by atoms with E-state index in [2.05, 4.69) is 15.6 Å². The maximum absolute atomic E-state index is 13.0. The van der Waals surface area contributed by atoms with E-state index in [1.54, 1.807) is 17.0 Å². The Morgan fingerprint density at radius 3 is 2.40 bits per heavy atom. The Kier molecular flexibility index (Phi) is 6.79. The second-order valence-corrected chi connectivity index (χ2v) is 6.86. The molecule has 1 aliphatic rings. The van der Waals surface area contributed by atoms with Crippen LogP contribution in [0.1, 0.15) is 38.2 Å². The lowest BCUT2D eigenvalue weighted by atomic mass is 9.84. The quantitative estimate of drug-likeness (QED) is 0.614. The summed E-state index contributed by atoms with van der Waals surface area (Å²) in [7, 11) is 3.63. The highest BCUT2D eigenvalue weighted by molar-refractivity contribution is 5.85. The van der Waals surface area contributed by atoms with Crippen LogP contribution in [0.5, 0.6) is 0 Å². The van der Waals surface area contributed by atoms with Gasteiger partial charge in [-0.2, -0.15) is 0 Å². The Bertz CT molecular complexity index is 592. The summed E-state index contributed by atoms with van der Waals surface area (Å²) >= 11 is 0. The second kappa shape index (κ2) is 8.83. The van der Waals surface area contributed by atoms with Crippen molar-refractivity contribution in [3.8, 4) is 0 Å². The average molecular weight is 348 g/mol. The molecule has 0 atom stereocenters. The number of aliphatic imine (C=N–C) groups is 1. The van der Waals surface area contributed by atoms with E-state index in [-0.39, 0.29) is 17.1 Å². The molecule has 1 aromatic carbocycles. The van der Waals surface area contributed by atoms with Crippen LogP contribution < -0.4 is 10.6 Å². The lowest BCUT2D eigenvalue weighted by Gasteiger charge is -2.31. The van der Waals surface area contributed by atoms with Crippen molar-refractivity contribution in [1.82, 2.24) is 15.5 Å². The number of amides is 1. The van der Waals surface area contributed by atoms with Crippen LogP contribution in [0.15, 0.2) is 29.3 Å². The Labute approximate surface area is 149 Å². The highest BCUT2D eigenvalue weighted by atomic mass is 19.1. The van der Waals surface area contributed by atoms with Crippen LogP contribution in [0.2, 0.25) is 0 Å². The van der Waals surface area contributed by atoms with Gasteiger partial charge in [0.1, 0.15) is 5.82 Å². The molecule has 1 fully saturated rings. The Morgan fingerprint density at radius 1 is 1.20 bits per heavy atom. The van der Waals surface area contributed by atoms with E-state index < -0.39 is 0 Å². The van der Waals surface area contributed by atoms with Gasteiger partial charge < -0.3 is 15.5 Å². The molecule has 0 heterocycles. The van der Waals surface area contributed by atoms with Crippen molar-refractivity contribution in [3.63, 3.8) is 0 Å². The molecule has 0 aromatic heterocycles. The van der Waals surface area contributed by atoms with Crippen LogP contribution in [0, 0.1) is 11.2 Å². The Hall–Kier alpha value is -2.11. The molecule has 25 heavy (non-hydrogen) atoms. The average Bonchev–Trinajstić information content (AvgIpc) is 3.08. The molecule has 5 nitrogen and oxygen atoms in total. The van der Waals surface area contributed by atoms with Crippen LogP contribution in [-0.4, -0.2) is 44.0 Å². The molecule has 6 heteroatoms. The fourth-order valence-corrected chi connectivity index (χ4v) is 3.35. The van der Waals surface area contributed by atoms with Crippen LogP contribution in [0.3, 0.4) is 0 Å². The summed E-state index contributed by atoms with van der Waals surface area (Å²) in [6, 6.07) is 6.34. The third kappa shape index (κ3) is 5.18. The van der Waals surface area contributed by atoms with Gasteiger partial charge in [-0.15, -0.1) is 0 Å². The van der Waals surface area contributed by atoms with E-state index in [0.29, 0.717) is 19.0 Å². The van der Waals surface area contributed by atoms with Gasteiger partial charge in [0.2, 0.25) is 5.91 Å². The molecule has 1 aromatic rings. The summed E-state index contributed by atoms with van der Waals surface area (Å²) in [5.74, 6) is 0.625. The van der Waals surface area contributed by atoms with Crippen molar-refractivity contribution in [1.29, 1.82) is 0 Å². The zero-order chi connectivity index (χ0) is 18.3. The van der Waals surface area contributed by atoms with Gasteiger partial charge in [-0.25, -0.2) is 9.38 Å². The van der Waals surface area contributed by atoms with Crippen LogP contribution >= 0.6 is 0 Å². The molecule has 1 aliphatic carbocycles. The minimum absolute atomic E-state index is 0.187. The largest absolute Gasteiger partial charge is 0.357 e. The number of carbonyl (C=O) groups is 1. The predicted octanol–water partition coefficient (Wildman–Crippen LogP) is 2.53. The van der Waals surface area contributed by atoms with Gasteiger partial charge in [-0.1, -0.05) is 25.0 Å². The number of guanidine groups is 1. The Morgan fingerprint density at radius 2 is 1.84 bits per heavy atom. The van der Waals surface area contributed by atoms with Gasteiger partial charge in [-0.3, -0.25) is 4.79 Å². The zero-order valence-electron chi connectivity index (χ0n) is 15.4. The normalized spacial score (nSPS) is 16.6. The lowest BCUT2D eigenvalue weighted by molar-refractivity contribution is -0.138. The van der Waals surface area contributed by atoms with Crippen molar-refractivity contribution in [3.05, 3.63) is 35.6 Å². The number of carbonyl (C=O) groups excluding carboxylic acids is 1. The molecule has 2 N–H and O–H groups in total. The number of hydrogen-bond acceptors (Lipinski definition) is 2. The molecule has 138 valence electrons. The molecule has 0 bridgehead atoms. The molecule has 0 radical (unpaired) electrons. The van der Waals surface area contributed by atoms with Gasteiger partial charge in [0.05, 0.1) is 12.0 Å². The number of rotatable bonds is 6. The fraction of sp³-hybridized carbons (Fsp3) is 0.579. The molecule has 1 saturated carbocycles. The summed E-state index contributed by atoms with van der Waals surface area (Å²) in [6.45, 7) is 3.79. The summed E-state index contributed by atoms with van der Waals surface area (Å²) < 4.78 is 13.0. The van der Waals surface area contributed by atoms with Crippen molar-refractivity contribution >= 4 is 11.9 Å². The van der Waals surface area contributed by atoms with Crippen molar-refractivity contribution in [2.24, 2.45) is 10.4 Å². The summed E-state index contributed by atoms with van der Waals surface area (Å²) in [5, 5.41) is 6.55. The number of nitrogens with one attached hydrogen (secondary N) is 2. The first-order valence-corrected chi connectivity index (χ1v) is 8.95. The monoisotopic (exact) mass is 348 g/mol. The van der Waals surface area contributed by atoms with E-state index in [0.717, 1.165) is 37.8 Å². The second-order valence-electron chi connectivity index (χ2n) is 6.86. The van der Waals surface area contributed by atoms with Gasteiger partial charge in [0, 0.05) is 27.2 Å². The first kappa shape index (κ1) is 19.2. The van der Waals surface area contributed by atoms with Gasteiger partial charge in [0.25, 0.3) is 0 Å². The van der Waals surface area contributed by atoms with Crippen molar-refractivity contribution < 1.29 is 9.18 Å². The fourth-order valence-electron chi connectivity index (χ4n) is 3.35. The predicted molar refractivity (Wildman–Crippen MR) is 98.8 cm³/mol. The molecule has 0 aliphatic heterocycles. The highest BCUT2D eigenvalue weighted by Gasteiger charge is 2.42. The zero-order valence-corrected chi connectivity index (χ0v) is 15.4. The van der Waals surface area contributed by atoms with Gasteiger partial charge in [0.15, 0.2) is 5.96 Å². The number of benzene rings is 1. The summed E-state index contributed by atoms with van der Waals surface area (Å²) in [4.78, 5) is 18.9. The lowest BCUT2D eigenvalue weighted by Crippen LogP contribution is -2.49. The molecule has 0 spiro atoms. The maximum atomic E-state index is 13.0. The first-order chi connectivity index (χ1) is 12.0. The van der Waals surface area contributed by atoms with E-state index in [9.17, 15) is 9.18 Å². The van der Waals surface area contributed by atoms with E-state index in [1.165, 1.54) is 12.1 Å². The highest BCUT2D eigenvalue weighted by Crippen LogP contribution is 2.38. The van der Waals surface area contributed by atoms with E-state index in [4.69, 9.17) is 0 Å². The molecule has 2 rings (SSSR count). The number of hydrogen-bond donors (Lipinski definition) is 2. The smallest absolute Gasteiger partial charge is 0.230 e. The van der Waals surface area contributed by atoms with Crippen LogP contribution in [0.4, 0.5) is 4.39 Å².